The molecule has 1 aromatic heterocycles. The Kier molecular flexibility index (Phi) is 5.35. The first kappa shape index (κ1) is 17.4. The van der Waals surface area contributed by atoms with Gasteiger partial charge in [-0.1, -0.05) is 35.5 Å². The summed E-state index contributed by atoms with van der Waals surface area (Å²) in [4.78, 5) is 16.5. The predicted octanol–water partition coefficient (Wildman–Crippen LogP) is 4.25. The maximum atomic E-state index is 13.7. The lowest BCUT2D eigenvalue weighted by Gasteiger charge is -2.04. The zero-order valence-corrected chi connectivity index (χ0v) is 14.7. The summed E-state index contributed by atoms with van der Waals surface area (Å²) >= 11 is 7.19. The molecule has 128 valence electrons. The molecule has 5 nitrogen and oxygen atoms in total. The number of rotatable bonds is 6. The second-order valence-corrected chi connectivity index (χ2v) is 6.36. The number of H-pyrrole nitrogens is 1. The smallest absolute Gasteiger partial charge is 0.209 e. The highest BCUT2D eigenvalue weighted by molar-refractivity contribution is 7.99. The molecule has 8 heteroatoms. The van der Waals surface area contributed by atoms with Crippen LogP contribution in [0, 0.1) is 5.82 Å². The standard InChI is InChI=1S/C17H13ClFN3O2S/c1-24-15-7-6-10(8-12(15)18)14(23)9-25-17-20-16(21-22-17)11-4-2-3-5-13(11)19/h2-8H,9H2,1H3,(H,20,21,22). The van der Waals surface area contributed by atoms with Crippen LogP contribution in [0.25, 0.3) is 11.4 Å². The van der Waals surface area contributed by atoms with Crippen molar-refractivity contribution in [1.29, 1.82) is 0 Å². The van der Waals surface area contributed by atoms with Crippen molar-refractivity contribution in [2.24, 2.45) is 0 Å². The number of thioether (sulfide) groups is 1. The van der Waals surface area contributed by atoms with Crippen LogP contribution in [-0.2, 0) is 0 Å². The number of ketones is 1. The third-order valence-electron chi connectivity index (χ3n) is 3.40. The van der Waals surface area contributed by atoms with Gasteiger partial charge in [-0.3, -0.25) is 9.89 Å². The SMILES string of the molecule is COc1ccc(C(=O)CSc2n[nH]c(-c3ccccc3F)n2)cc1Cl. The van der Waals surface area contributed by atoms with Gasteiger partial charge in [-0.15, -0.1) is 5.10 Å². The normalized spacial score (nSPS) is 10.7. The van der Waals surface area contributed by atoms with Crippen LogP contribution in [0.15, 0.2) is 47.6 Å². The summed E-state index contributed by atoms with van der Waals surface area (Å²) in [5, 5.41) is 7.43. The highest BCUT2D eigenvalue weighted by Crippen LogP contribution is 2.26. The molecule has 0 aliphatic carbocycles. The van der Waals surface area contributed by atoms with Crippen molar-refractivity contribution in [3.63, 3.8) is 0 Å². The predicted molar refractivity (Wildman–Crippen MR) is 94.8 cm³/mol. The molecule has 2 aromatic carbocycles. The molecule has 0 radical (unpaired) electrons. The quantitative estimate of drug-likeness (QED) is 0.514. The maximum absolute atomic E-state index is 13.7. The zero-order chi connectivity index (χ0) is 17.8. The van der Waals surface area contributed by atoms with Gasteiger partial charge in [0.25, 0.3) is 0 Å². The first-order chi connectivity index (χ1) is 12.1. The average molecular weight is 378 g/mol. The van der Waals surface area contributed by atoms with Gasteiger partial charge in [0.05, 0.1) is 23.4 Å². The lowest BCUT2D eigenvalue weighted by molar-refractivity contribution is 0.102. The highest BCUT2D eigenvalue weighted by atomic mass is 35.5. The van der Waals surface area contributed by atoms with Crippen molar-refractivity contribution >= 4 is 29.1 Å². The Morgan fingerprint density at radius 2 is 2.12 bits per heavy atom. The Bertz CT molecular complexity index is 916. The number of aromatic nitrogens is 3. The number of nitrogens with one attached hydrogen (secondary N) is 1. The Balaban J connectivity index is 1.67. The molecule has 0 saturated heterocycles. The molecule has 0 amide bonds. The molecule has 0 bridgehead atoms. The van der Waals surface area contributed by atoms with Crippen molar-refractivity contribution in [3.8, 4) is 17.1 Å². The van der Waals surface area contributed by atoms with E-state index in [1.54, 1.807) is 36.4 Å². The van der Waals surface area contributed by atoms with Gasteiger partial charge < -0.3 is 4.74 Å². The number of carbonyl (C=O) groups excluding carboxylic acids is 1. The van der Waals surface area contributed by atoms with Crippen LogP contribution in [0.2, 0.25) is 5.02 Å². The van der Waals surface area contributed by atoms with Crippen LogP contribution in [0.1, 0.15) is 10.4 Å². The lowest BCUT2D eigenvalue weighted by Crippen LogP contribution is -2.03. The largest absolute Gasteiger partial charge is 0.495 e. The topological polar surface area (TPSA) is 67.9 Å². The fraction of sp³-hybridized carbons (Fsp3) is 0.118. The van der Waals surface area contributed by atoms with E-state index in [-0.39, 0.29) is 17.4 Å². The van der Waals surface area contributed by atoms with Crippen molar-refractivity contribution in [1.82, 2.24) is 15.2 Å². The molecule has 1 heterocycles. The van der Waals surface area contributed by atoms with Crippen molar-refractivity contribution in [2.45, 2.75) is 5.16 Å². The molecular weight excluding hydrogens is 365 g/mol. The van der Waals surface area contributed by atoms with E-state index in [9.17, 15) is 9.18 Å². The van der Waals surface area contributed by atoms with Gasteiger partial charge in [-0.25, -0.2) is 9.37 Å². The van der Waals surface area contributed by atoms with Gasteiger partial charge in [0.1, 0.15) is 11.6 Å². The molecule has 3 rings (SSSR count). The number of aromatic amines is 1. The minimum atomic E-state index is -0.390. The monoisotopic (exact) mass is 377 g/mol. The Morgan fingerprint density at radius 3 is 2.84 bits per heavy atom. The van der Waals surface area contributed by atoms with Crippen LogP contribution in [-0.4, -0.2) is 33.8 Å². The van der Waals surface area contributed by atoms with Crippen molar-refractivity contribution in [2.75, 3.05) is 12.9 Å². The maximum Gasteiger partial charge on any atom is 0.209 e. The molecular formula is C17H13ClFN3O2S. The number of Topliss-reactive ketones (excluding diaryl/α,β-unsaturated/α-hetero) is 1. The average Bonchev–Trinajstić information content (AvgIpc) is 3.08. The number of ether oxygens (including phenoxy) is 1. The minimum absolute atomic E-state index is 0.119. The van der Waals surface area contributed by atoms with Crippen LogP contribution < -0.4 is 4.74 Å². The van der Waals surface area contributed by atoms with Crippen LogP contribution in [0.3, 0.4) is 0 Å². The molecule has 0 atom stereocenters. The summed E-state index contributed by atoms with van der Waals surface area (Å²) < 4.78 is 18.8. The number of methoxy groups -OCH3 is 1. The van der Waals surface area contributed by atoms with Crippen molar-refractivity contribution < 1.29 is 13.9 Å². The Hall–Kier alpha value is -2.38. The first-order valence-electron chi connectivity index (χ1n) is 7.25. The fourth-order valence-corrected chi connectivity index (χ4v) is 3.09. The molecule has 0 saturated carbocycles. The Labute approximate surface area is 152 Å². The summed E-state index contributed by atoms with van der Waals surface area (Å²) in [6.07, 6.45) is 0. The molecule has 0 aliphatic heterocycles. The van der Waals surface area contributed by atoms with Crippen LogP contribution in [0.5, 0.6) is 5.75 Å². The minimum Gasteiger partial charge on any atom is -0.495 e. The molecule has 1 N–H and O–H groups in total. The summed E-state index contributed by atoms with van der Waals surface area (Å²) in [6, 6.07) is 11.1. The van der Waals surface area contributed by atoms with E-state index in [1.807, 2.05) is 0 Å². The van der Waals surface area contributed by atoms with E-state index < -0.39 is 0 Å². The number of hydrogen-bond acceptors (Lipinski definition) is 5. The highest BCUT2D eigenvalue weighted by Gasteiger charge is 2.13. The molecule has 25 heavy (non-hydrogen) atoms. The van der Waals surface area contributed by atoms with Gasteiger partial charge in [0.15, 0.2) is 11.6 Å². The lowest BCUT2D eigenvalue weighted by atomic mass is 10.1. The molecule has 0 spiro atoms. The summed E-state index contributed by atoms with van der Waals surface area (Å²) in [7, 11) is 1.51. The van der Waals surface area contributed by atoms with E-state index in [4.69, 9.17) is 16.3 Å². The number of halogens is 2. The second kappa shape index (κ2) is 7.67. The van der Waals surface area contributed by atoms with Gasteiger partial charge in [0.2, 0.25) is 5.16 Å². The fourth-order valence-electron chi connectivity index (χ4n) is 2.14. The summed E-state index contributed by atoms with van der Waals surface area (Å²) in [6.45, 7) is 0. The van der Waals surface area contributed by atoms with Crippen LogP contribution >= 0.6 is 23.4 Å². The van der Waals surface area contributed by atoms with Crippen LogP contribution in [0.4, 0.5) is 4.39 Å². The van der Waals surface area contributed by atoms with E-state index in [0.717, 1.165) is 11.8 Å². The second-order valence-electron chi connectivity index (χ2n) is 5.01. The Morgan fingerprint density at radius 1 is 1.32 bits per heavy atom. The van der Waals surface area contributed by atoms with E-state index in [2.05, 4.69) is 15.2 Å². The van der Waals surface area contributed by atoms with Gasteiger partial charge in [0, 0.05) is 5.56 Å². The van der Waals surface area contributed by atoms with Gasteiger partial charge in [-0.2, -0.15) is 0 Å². The summed E-state index contributed by atoms with van der Waals surface area (Å²) in [5.74, 6) is 0.456. The number of carbonyl (C=O) groups is 1. The number of hydrogen-bond donors (Lipinski definition) is 1. The first-order valence-corrected chi connectivity index (χ1v) is 8.61. The number of benzene rings is 2. The molecule has 3 aromatic rings. The van der Waals surface area contributed by atoms with E-state index in [1.165, 1.54) is 13.2 Å². The van der Waals surface area contributed by atoms with Gasteiger partial charge in [-0.05, 0) is 30.3 Å². The molecule has 0 unspecified atom stereocenters. The van der Waals surface area contributed by atoms with E-state index in [0.29, 0.717) is 32.9 Å². The third-order valence-corrected chi connectivity index (χ3v) is 4.54. The number of nitrogens with zero attached hydrogens (tertiary/aromatic N) is 2. The van der Waals surface area contributed by atoms with Crippen molar-refractivity contribution in [3.05, 3.63) is 58.9 Å². The zero-order valence-electron chi connectivity index (χ0n) is 13.1. The third kappa shape index (κ3) is 4.00. The molecule has 0 aliphatic rings. The van der Waals surface area contributed by atoms with Gasteiger partial charge >= 0.3 is 0 Å². The van der Waals surface area contributed by atoms with E-state index >= 15 is 0 Å². The molecule has 0 fully saturated rings. The summed E-state index contributed by atoms with van der Waals surface area (Å²) in [5.41, 5.74) is 0.804.